The summed E-state index contributed by atoms with van der Waals surface area (Å²) in [6, 6.07) is 0. The number of aliphatic hydroxyl groups excluding tert-OH is 2. The summed E-state index contributed by atoms with van der Waals surface area (Å²) in [5, 5.41) is 30.4. The maximum absolute atomic E-state index is 14.5. The van der Waals surface area contributed by atoms with E-state index in [1.54, 1.807) is 0 Å². The van der Waals surface area contributed by atoms with Crippen LogP contribution in [0.5, 0.6) is 0 Å². The first-order chi connectivity index (χ1) is 13.6. The predicted octanol–water partition coefficient (Wildman–Crippen LogP) is 4.43. The van der Waals surface area contributed by atoms with Gasteiger partial charge in [-0.25, -0.2) is 4.39 Å². The molecule has 0 amide bonds. The largest absolute Gasteiger partial charge is 0.481 e. The van der Waals surface area contributed by atoms with E-state index in [0.717, 1.165) is 32.1 Å². The number of aliphatic hydroxyl groups is 2. The van der Waals surface area contributed by atoms with Gasteiger partial charge in [0.25, 0.3) is 0 Å². The minimum Gasteiger partial charge on any atom is -0.481 e. The first-order valence-electron chi connectivity index (χ1n) is 11.8. The Morgan fingerprint density at radius 1 is 1.07 bits per heavy atom. The monoisotopic (exact) mass is 410 g/mol. The van der Waals surface area contributed by atoms with Crippen molar-refractivity contribution in [2.45, 2.75) is 96.9 Å². The SMILES string of the molecule is C[C@H](CCC(=O)O)[C@H]1CCC2C3C(O)C[C@@H]4C[C@@H](O)[C@@H](F)C[C@]4(C)C3CC[C@@]21C. The lowest BCUT2D eigenvalue weighted by molar-refractivity contribution is -0.186. The third kappa shape index (κ3) is 3.35. The molecule has 0 aromatic carbocycles. The van der Waals surface area contributed by atoms with E-state index in [1.807, 2.05) is 0 Å². The van der Waals surface area contributed by atoms with Crippen molar-refractivity contribution in [2.75, 3.05) is 0 Å². The molecule has 4 nitrogen and oxygen atoms in total. The molecule has 0 heterocycles. The molecule has 4 aliphatic carbocycles. The smallest absolute Gasteiger partial charge is 0.303 e. The van der Waals surface area contributed by atoms with Crippen LogP contribution in [0.1, 0.15) is 78.6 Å². The molecule has 0 spiro atoms. The standard InChI is InChI=1S/C24H39FO4/c1-13(4-7-21(28)29)15-5-6-16-22-17(8-9-23(15,16)2)24(3)12-18(25)19(26)10-14(24)11-20(22)27/h13-20,22,26-27H,4-12H2,1-3H3,(H,28,29)/t13-,14+,15-,16?,17?,18+,19-,20?,22?,23-,24+/m1/s1. The molecule has 0 aromatic rings. The van der Waals surface area contributed by atoms with Crippen LogP contribution in [0.25, 0.3) is 0 Å². The van der Waals surface area contributed by atoms with E-state index >= 15 is 0 Å². The Balaban J connectivity index is 1.57. The van der Waals surface area contributed by atoms with Gasteiger partial charge in [-0.1, -0.05) is 20.8 Å². The lowest BCUT2D eigenvalue weighted by Crippen LogP contribution is -2.60. The minimum atomic E-state index is -1.15. The van der Waals surface area contributed by atoms with Crippen LogP contribution in [-0.4, -0.2) is 39.7 Å². The number of alkyl halides is 1. The number of aliphatic carboxylic acids is 1. The molecule has 0 aliphatic heterocycles. The Hall–Kier alpha value is -0.680. The van der Waals surface area contributed by atoms with Crippen LogP contribution in [0.3, 0.4) is 0 Å². The van der Waals surface area contributed by atoms with Crippen LogP contribution in [0, 0.1) is 46.3 Å². The normalized spacial score (nSPS) is 52.9. The average molecular weight is 411 g/mol. The second-order valence-corrected chi connectivity index (χ2v) is 11.5. The van der Waals surface area contributed by atoms with Crippen molar-refractivity contribution in [3.63, 3.8) is 0 Å². The molecule has 0 radical (unpaired) electrons. The second kappa shape index (κ2) is 7.47. The number of hydrogen-bond donors (Lipinski definition) is 3. The Morgan fingerprint density at radius 3 is 2.41 bits per heavy atom. The molecule has 166 valence electrons. The van der Waals surface area contributed by atoms with Crippen molar-refractivity contribution in [1.29, 1.82) is 0 Å². The lowest BCUT2D eigenvalue weighted by Gasteiger charge is -2.62. The van der Waals surface area contributed by atoms with E-state index in [4.69, 9.17) is 5.11 Å². The van der Waals surface area contributed by atoms with Gasteiger partial charge in [0.15, 0.2) is 0 Å². The molecule has 4 unspecified atom stereocenters. The summed E-state index contributed by atoms with van der Waals surface area (Å²) in [4.78, 5) is 11.0. The van der Waals surface area contributed by atoms with Crippen molar-refractivity contribution in [3.8, 4) is 0 Å². The van der Waals surface area contributed by atoms with E-state index in [9.17, 15) is 19.4 Å². The zero-order valence-corrected chi connectivity index (χ0v) is 18.2. The number of carboxylic acids is 1. The number of carboxylic acid groups (broad SMARTS) is 1. The molecule has 0 saturated heterocycles. The van der Waals surface area contributed by atoms with Crippen LogP contribution in [0.4, 0.5) is 4.39 Å². The highest BCUT2D eigenvalue weighted by Gasteiger charge is 2.63. The quantitative estimate of drug-likeness (QED) is 0.641. The van der Waals surface area contributed by atoms with Gasteiger partial charge in [0.2, 0.25) is 0 Å². The van der Waals surface area contributed by atoms with Crippen LogP contribution in [0.15, 0.2) is 0 Å². The summed E-state index contributed by atoms with van der Waals surface area (Å²) in [7, 11) is 0. The Morgan fingerprint density at radius 2 is 1.72 bits per heavy atom. The van der Waals surface area contributed by atoms with Crippen LogP contribution < -0.4 is 0 Å². The van der Waals surface area contributed by atoms with E-state index in [1.165, 1.54) is 0 Å². The van der Waals surface area contributed by atoms with Crippen LogP contribution in [0.2, 0.25) is 0 Å². The van der Waals surface area contributed by atoms with Crippen molar-refractivity contribution in [3.05, 3.63) is 0 Å². The van der Waals surface area contributed by atoms with Crippen LogP contribution in [-0.2, 0) is 4.79 Å². The van der Waals surface area contributed by atoms with Gasteiger partial charge in [-0.3, -0.25) is 4.79 Å². The summed E-state index contributed by atoms with van der Waals surface area (Å²) in [5.41, 5.74) is 0.0173. The first-order valence-corrected chi connectivity index (χ1v) is 11.8. The van der Waals surface area contributed by atoms with Gasteiger partial charge < -0.3 is 15.3 Å². The second-order valence-electron chi connectivity index (χ2n) is 11.5. The molecule has 5 heteroatoms. The third-order valence-corrected chi connectivity index (χ3v) is 10.2. The fraction of sp³-hybridized carbons (Fsp3) is 0.958. The molecule has 3 N–H and O–H groups in total. The molecule has 0 bridgehead atoms. The number of hydrogen-bond acceptors (Lipinski definition) is 3. The van der Waals surface area contributed by atoms with Gasteiger partial charge in [-0.2, -0.15) is 0 Å². The summed E-state index contributed by atoms with van der Waals surface area (Å²) >= 11 is 0. The number of rotatable bonds is 4. The summed E-state index contributed by atoms with van der Waals surface area (Å²) in [6.07, 6.45) is 4.48. The Bertz CT molecular complexity index is 640. The summed E-state index contributed by atoms with van der Waals surface area (Å²) < 4.78 is 14.5. The van der Waals surface area contributed by atoms with Gasteiger partial charge in [0.05, 0.1) is 12.2 Å². The van der Waals surface area contributed by atoms with Crippen molar-refractivity contribution in [1.82, 2.24) is 0 Å². The zero-order chi connectivity index (χ0) is 21.1. The molecule has 29 heavy (non-hydrogen) atoms. The Labute approximate surface area is 174 Å². The molecule has 11 atom stereocenters. The highest BCUT2D eigenvalue weighted by Crippen LogP contribution is 2.68. The lowest BCUT2D eigenvalue weighted by atomic mass is 9.43. The van der Waals surface area contributed by atoms with E-state index < -0.39 is 18.2 Å². The third-order valence-electron chi connectivity index (χ3n) is 10.2. The van der Waals surface area contributed by atoms with Gasteiger partial charge in [0, 0.05) is 6.42 Å². The number of halogens is 1. The van der Waals surface area contributed by atoms with Gasteiger partial charge in [-0.15, -0.1) is 0 Å². The summed E-state index contributed by atoms with van der Waals surface area (Å²) in [5.74, 6) is 1.35. The van der Waals surface area contributed by atoms with Gasteiger partial charge in [0.1, 0.15) is 6.17 Å². The average Bonchev–Trinajstić information content (AvgIpc) is 2.99. The molecule has 0 aromatic heterocycles. The highest BCUT2D eigenvalue weighted by atomic mass is 19.1. The molecule has 4 rings (SSSR count). The van der Waals surface area contributed by atoms with Gasteiger partial charge >= 0.3 is 5.97 Å². The fourth-order valence-corrected chi connectivity index (χ4v) is 8.73. The zero-order valence-electron chi connectivity index (χ0n) is 18.2. The first kappa shape index (κ1) is 21.5. The molecule has 4 fully saturated rings. The molecular formula is C24H39FO4. The van der Waals surface area contributed by atoms with E-state index in [0.29, 0.717) is 42.9 Å². The van der Waals surface area contributed by atoms with Gasteiger partial charge in [-0.05, 0) is 97.7 Å². The highest BCUT2D eigenvalue weighted by molar-refractivity contribution is 5.66. The molecule has 4 aliphatic rings. The van der Waals surface area contributed by atoms with E-state index in [2.05, 4.69) is 20.8 Å². The number of carbonyl (C=O) groups is 1. The fourth-order valence-electron chi connectivity index (χ4n) is 8.73. The summed E-state index contributed by atoms with van der Waals surface area (Å²) in [6.45, 7) is 6.81. The van der Waals surface area contributed by atoms with Crippen molar-refractivity contribution >= 4 is 5.97 Å². The minimum absolute atomic E-state index is 0.128. The predicted molar refractivity (Wildman–Crippen MR) is 109 cm³/mol. The number of fused-ring (bicyclic) bond motifs is 5. The Kier molecular flexibility index (Phi) is 5.55. The van der Waals surface area contributed by atoms with Crippen LogP contribution >= 0.6 is 0 Å². The van der Waals surface area contributed by atoms with Crippen molar-refractivity contribution in [2.24, 2.45) is 46.3 Å². The van der Waals surface area contributed by atoms with E-state index in [-0.39, 0.29) is 35.2 Å². The topological polar surface area (TPSA) is 77.8 Å². The molecular weight excluding hydrogens is 371 g/mol. The van der Waals surface area contributed by atoms with Crippen molar-refractivity contribution < 1.29 is 24.5 Å². The maximum Gasteiger partial charge on any atom is 0.303 e. The molecule has 4 saturated carbocycles. The maximum atomic E-state index is 14.5.